The van der Waals surface area contributed by atoms with Crippen LogP contribution in [0.1, 0.15) is 49.5 Å². The van der Waals surface area contributed by atoms with E-state index in [1.807, 2.05) is 63.9 Å². The number of amides is 2. The number of aromatic nitrogens is 3. The van der Waals surface area contributed by atoms with Gasteiger partial charge in [-0.3, -0.25) is 9.59 Å². The number of nitrogens with one attached hydrogen (secondary N) is 1. The highest BCUT2D eigenvalue weighted by molar-refractivity contribution is 7.99. The summed E-state index contributed by atoms with van der Waals surface area (Å²) in [6.07, 6.45) is 0.665. The van der Waals surface area contributed by atoms with E-state index in [9.17, 15) is 9.59 Å². The maximum Gasteiger partial charge on any atom is 0.261 e. The van der Waals surface area contributed by atoms with E-state index in [1.165, 1.54) is 28.7 Å². The summed E-state index contributed by atoms with van der Waals surface area (Å²) >= 11 is 4.35. The van der Waals surface area contributed by atoms with Crippen molar-refractivity contribution in [3.63, 3.8) is 0 Å². The molecule has 3 aromatic heterocycles. The van der Waals surface area contributed by atoms with Crippen molar-refractivity contribution in [1.29, 1.82) is 0 Å². The summed E-state index contributed by atoms with van der Waals surface area (Å²) in [4.78, 5) is 28.0. The number of benzene rings is 2. The van der Waals surface area contributed by atoms with Crippen molar-refractivity contribution in [3.8, 4) is 0 Å². The number of hydrazone groups is 1. The van der Waals surface area contributed by atoms with Crippen molar-refractivity contribution in [1.82, 2.24) is 25.1 Å². The molecule has 1 N–H and O–H groups in total. The lowest BCUT2D eigenvalue weighted by Gasteiger charge is -2.22. The van der Waals surface area contributed by atoms with Crippen LogP contribution in [0, 0.1) is 6.92 Å². The zero-order valence-electron chi connectivity index (χ0n) is 22.8. The highest BCUT2D eigenvalue weighted by Gasteiger charge is 2.33. The molecule has 2 amide bonds. The molecule has 6 rings (SSSR count). The van der Waals surface area contributed by atoms with Crippen LogP contribution in [0.25, 0.3) is 0 Å². The minimum absolute atomic E-state index is 0.0982. The molecule has 1 aliphatic heterocycles. The van der Waals surface area contributed by atoms with Gasteiger partial charge in [-0.05, 0) is 40.9 Å². The molecule has 1 atom stereocenters. The van der Waals surface area contributed by atoms with Gasteiger partial charge in [0.15, 0.2) is 11.0 Å². The van der Waals surface area contributed by atoms with Crippen LogP contribution in [0.4, 0.5) is 0 Å². The van der Waals surface area contributed by atoms with Crippen LogP contribution in [0.2, 0.25) is 0 Å². The Morgan fingerprint density at radius 2 is 1.74 bits per heavy atom. The molecule has 42 heavy (non-hydrogen) atoms. The molecule has 0 bridgehead atoms. The molecule has 0 spiro atoms. The largest absolute Gasteiger partial charge is 0.344 e. The Labute approximate surface area is 256 Å². The first-order valence-corrected chi connectivity index (χ1v) is 16.2. The van der Waals surface area contributed by atoms with Crippen LogP contribution < -0.4 is 5.32 Å². The summed E-state index contributed by atoms with van der Waals surface area (Å²) in [5.74, 6) is 0.520. The Kier molecular flexibility index (Phi) is 8.59. The van der Waals surface area contributed by atoms with Crippen LogP contribution in [0.3, 0.4) is 0 Å². The average molecular weight is 613 g/mol. The Balaban J connectivity index is 1.21. The lowest BCUT2D eigenvalue weighted by molar-refractivity contribution is -0.130. The maximum atomic E-state index is 13.7. The van der Waals surface area contributed by atoms with E-state index in [1.54, 1.807) is 22.4 Å². The molecule has 0 saturated carbocycles. The number of carbonyl (C=O) groups excluding carboxylic acids is 2. The number of thioether (sulfide) groups is 1. The zero-order valence-corrected chi connectivity index (χ0v) is 25.3. The van der Waals surface area contributed by atoms with Crippen LogP contribution in [0.15, 0.2) is 99.9 Å². The average Bonchev–Trinajstić information content (AvgIpc) is 3.83. The fourth-order valence-electron chi connectivity index (χ4n) is 4.71. The molecule has 11 heteroatoms. The molecule has 5 aromatic rings. The zero-order chi connectivity index (χ0) is 28.9. The molecule has 0 fully saturated rings. The number of rotatable bonds is 10. The first-order chi connectivity index (χ1) is 20.5. The maximum absolute atomic E-state index is 13.7. The minimum atomic E-state index is -0.166. The van der Waals surface area contributed by atoms with Crippen molar-refractivity contribution in [3.05, 3.63) is 122 Å². The first kappa shape index (κ1) is 28.1. The topological polar surface area (TPSA) is 92.5 Å². The van der Waals surface area contributed by atoms with Crippen LogP contribution in [-0.2, 0) is 17.9 Å². The number of hydrogen-bond donors (Lipinski definition) is 1. The Morgan fingerprint density at radius 3 is 2.48 bits per heavy atom. The second kappa shape index (κ2) is 12.8. The Hall–Kier alpha value is -4.06. The van der Waals surface area contributed by atoms with E-state index >= 15 is 0 Å². The standard InChI is InChI=1S/C31H28N6O2S3/c1-21-11-13-23(14-12-21)25-17-24(26-9-5-15-40-26)35-37(25)29(38)20-42-31-34-33-28(18-32-30(39)27-10-6-16-41-27)36(31)19-22-7-3-2-4-8-22/h2-16,25H,17-20H2,1H3,(H,32,39)/t25-/m1/s1. The van der Waals surface area contributed by atoms with Gasteiger partial charge in [0.05, 0.1) is 40.4 Å². The highest BCUT2D eigenvalue weighted by atomic mass is 32.2. The van der Waals surface area contributed by atoms with Gasteiger partial charge in [0.1, 0.15) is 0 Å². The third-order valence-corrected chi connectivity index (χ3v) is 9.63. The number of aryl methyl sites for hydroxylation is 1. The van der Waals surface area contributed by atoms with Crippen LogP contribution >= 0.6 is 34.4 Å². The van der Waals surface area contributed by atoms with Crippen molar-refractivity contribution in [2.45, 2.75) is 37.6 Å². The van der Waals surface area contributed by atoms with E-state index in [0.29, 0.717) is 28.8 Å². The Morgan fingerprint density at radius 1 is 0.952 bits per heavy atom. The summed E-state index contributed by atoms with van der Waals surface area (Å²) in [6, 6.07) is 25.8. The minimum Gasteiger partial charge on any atom is -0.344 e. The third-order valence-electron chi connectivity index (χ3n) is 6.89. The summed E-state index contributed by atoms with van der Waals surface area (Å²) in [7, 11) is 0. The van der Waals surface area contributed by atoms with Gasteiger partial charge in [-0.25, -0.2) is 5.01 Å². The molecule has 0 saturated heterocycles. The van der Waals surface area contributed by atoms with Crippen molar-refractivity contribution in [2.75, 3.05) is 5.75 Å². The highest BCUT2D eigenvalue weighted by Crippen LogP contribution is 2.35. The second-order valence-corrected chi connectivity index (χ2v) is 12.6. The number of thiophene rings is 2. The number of nitrogens with zero attached hydrogens (tertiary/aromatic N) is 5. The molecule has 212 valence electrons. The van der Waals surface area contributed by atoms with Crippen LogP contribution in [-0.4, -0.2) is 43.1 Å². The van der Waals surface area contributed by atoms with Gasteiger partial charge in [-0.15, -0.1) is 32.9 Å². The molecular weight excluding hydrogens is 585 g/mol. The summed E-state index contributed by atoms with van der Waals surface area (Å²) < 4.78 is 1.96. The number of hydrogen-bond acceptors (Lipinski definition) is 8. The quantitative estimate of drug-likeness (QED) is 0.191. The van der Waals surface area contributed by atoms with Gasteiger partial charge in [0.2, 0.25) is 0 Å². The second-order valence-electron chi connectivity index (χ2n) is 9.81. The normalized spacial score (nSPS) is 14.6. The number of carbonyl (C=O) groups is 2. The van der Waals surface area contributed by atoms with Gasteiger partial charge in [-0.2, -0.15) is 5.10 Å². The molecule has 4 heterocycles. The molecule has 0 unspecified atom stereocenters. The molecule has 1 aliphatic rings. The SMILES string of the molecule is Cc1ccc([C@H]2CC(c3cccs3)=NN2C(=O)CSc2nnc(CNC(=O)c3cccs3)n2Cc2ccccc2)cc1. The lowest BCUT2D eigenvalue weighted by Crippen LogP contribution is -2.28. The van der Waals surface area contributed by atoms with E-state index < -0.39 is 0 Å². The van der Waals surface area contributed by atoms with Gasteiger partial charge < -0.3 is 9.88 Å². The van der Waals surface area contributed by atoms with E-state index in [4.69, 9.17) is 5.10 Å². The molecule has 0 radical (unpaired) electrons. The van der Waals surface area contributed by atoms with Crippen molar-refractivity contribution >= 4 is 52.0 Å². The van der Waals surface area contributed by atoms with Crippen molar-refractivity contribution in [2.24, 2.45) is 5.10 Å². The lowest BCUT2D eigenvalue weighted by atomic mass is 10.00. The molecular formula is C31H28N6O2S3. The van der Waals surface area contributed by atoms with Gasteiger partial charge in [0.25, 0.3) is 11.8 Å². The Bertz CT molecular complexity index is 1680. The van der Waals surface area contributed by atoms with Gasteiger partial charge in [0, 0.05) is 6.42 Å². The summed E-state index contributed by atoms with van der Waals surface area (Å²) in [5.41, 5.74) is 4.22. The van der Waals surface area contributed by atoms with E-state index in [2.05, 4.69) is 46.7 Å². The fraction of sp³-hybridized carbons (Fsp3) is 0.194. The molecule has 8 nitrogen and oxygen atoms in total. The van der Waals surface area contributed by atoms with E-state index in [0.717, 1.165) is 21.7 Å². The predicted molar refractivity (Wildman–Crippen MR) is 168 cm³/mol. The summed E-state index contributed by atoms with van der Waals surface area (Å²) in [5, 5.41) is 22.7. The van der Waals surface area contributed by atoms with E-state index in [-0.39, 0.29) is 30.2 Å². The smallest absolute Gasteiger partial charge is 0.261 e. The van der Waals surface area contributed by atoms with Crippen LogP contribution in [0.5, 0.6) is 0 Å². The first-order valence-electron chi connectivity index (χ1n) is 13.5. The fourth-order valence-corrected chi connectivity index (χ4v) is 6.88. The third kappa shape index (κ3) is 6.38. The van der Waals surface area contributed by atoms with Gasteiger partial charge >= 0.3 is 0 Å². The molecule has 0 aliphatic carbocycles. The van der Waals surface area contributed by atoms with Crippen molar-refractivity contribution < 1.29 is 9.59 Å². The summed E-state index contributed by atoms with van der Waals surface area (Å²) in [6.45, 7) is 2.80. The predicted octanol–water partition coefficient (Wildman–Crippen LogP) is 6.16. The molecule has 2 aromatic carbocycles. The monoisotopic (exact) mass is 612 g/mol. The van der Waals surface area contributed by atoms with Gasteiger partial charge in [-0.1, -0.05) is 84.1 Å².